The zero-order valence-electron chi connectivity index (χ0n) is 11.9. The van der Waals surface area contributed by atoms with Gasteiger partial charge in [-0.2, -0.15) is 0 Å². The number of carbonyl (C=O) groups excluding carboxylic acids is 1. The molecule has 1 unspecified atom stereocenters. The molecule has 2 rings (SSSR count). The van der Waals surface area contributed by atoms with Crippen LogP contribution in [-0.2, 0) is 4.79 Å². The molecule has 4 heteroatoms. The first-order chi connectivity index (χ1) is 9.11. The molecule has 1 aliphatic heterocycles. The molecule has 0 bridgehead atoms. The molecule has 1 fully saturated rings. The summed E-state index contributed by atoms with van der Waals surface area (Å²) in [7, 11) is 1.63. The van der Waals surface area contributed by atoms with Crippen molar-refractivity contribution in [1.29, 1.82) is 0 Å². The maximum absolute atomic E-state index is 12.2. The minimum atomic E-state index is -0.0840. The molecule has 1 aromatic carbocycles. The zero-order valence-corrected chi connectivity index (χ0v) is 11.9. The van der Waals surface area contributed by atoms with Crippen LogP contribution >= 0.6 is 0 Å². The van der Waals surface area contributed by atoms with Crippen LogP contribution in [0.5, 0.6) is 5.75 Å². The van der Waals surface area contributed by atoms with Gasteiger partial charge in [0.2, 0.25) is 5.91 Å². The molecular weight excluding hydrogens is 240 g/mol. The molecule has 0 spiro atoms. The lowest BCUT2D eigenvalue weighted by Gasteiger charge is -2.23. The number of nitrogens with one attached hydrogen (secondary N) is 2. The van der Waals surface area contributed by atoms with Gasteiger partial charge < -0.3 is 15.4 Å². The number of methoxy groups -OCH3 is 1. The van der Waals surface area contributed by atoms with Crippen molar-refractivity contribution in [3.63, 3.8) is 0 Å². The minimum absolute atomic E-state index is 0.0306. The Morgan fingerprint density at radius 2 is 2.16 bits per heavy atom. The normalized spacial score (nSPS) is 19.0. The summed E-state index contributed by atoms with van der Waals surface area (Å²) in [6, 6.07) is 3.92. The second-order valence-electron chi connectivity index (χ2n) is 5.15. The van der Waals surface area contributed by atoms with Gasteiger partial charge in [0, 0.05) is 0 Å². The number of hydrogen-bond acceptors (Lipinski definition) is 3. The van der Waals surface area contributed by atoms with Crippen LogP contribution in [0.4, 0.5) is 5.69 Å². The Labute approximate surface area is 114 Å². The third-order valence-electron chi connectivity index (χ3n) is 3.51. The third-order valence-corrected chi connectivity index (χ3v) is 3.51. The predicted molar refractivity (Wildman–Crippen MR) is 76.7 cm³/mol. The van der Waals surface area contributed by atoms with E-state index in [1.165, 1.54) is 0 Å². The van der Waals surface area contributed by atoms with Crippen LogP contribution < -0.4 is 15.4 Å². The minimum Gasteiger partial charge on any atom is -0.494 e. The van der Waals surface area contributed by atoms with Gasteiger partial charge in [-0.15, -0.1) is 0 Å². The Morgan fingerprint density at radius 1 is 1.37 bits per heavy atom. The highest BCUT2D eigenvalue weighted by Crippen LogP contribution is 2.30. The lowest BCUT2D eigenvalue weighted by molar-refractivity contribution is -0.118. The fourth-order valence-electron chi connectivity index (χ4n) is 2.61. The first kappa shape index (κ1) is 13.9. The number of hydrogen-bond donors (Lipinski definition) is 2. The maximum Gasteiger partial charge on any atom is 0.241 e. The lowest BCUT2D eigenvalue weighted by atomic mass is 10.0. The number of rotatable bonds is 3. The Morgan fingerprint density at radius 3 is 2.79 bits per heavy atom. The highest BCUT2D eigenvalue weighted by atomic mass is 16.5. The largest absolute Gasteiger partial charge is 0.494 e. The van der Waals surface area contributed by atoms with E-state index in [1.54, 1.807) is 7.11 Å². The van der Waals surface area contributed by atoms with Gasteiger partial charge in [0.15, 0.2) is 0 Å². The van der Waals surface area contributed by atoms with E-state index in [9.17, 15) is 4.79 Å². The van der Waals surface area contributed by atoms with Crippen LogP contribution in [0.3, 0.4) is 0 Å². The number of benzene rings is 1. The number of carbonyl (C=O) groups is 1. The van der Waals surface area contributed by atoms with Crippen LogP contribution in [-0.4, -0.2) is 25.6 Å². The van der Waals surface area contributed by atoms with Gasteiger partial charge in [0.25, 0.3) is 0 Å². The number of ether oxygens (including phenoxy) is 1. The van der Waals surface area contributed by atoms with Gasteiger partial charge in [-0.3, -0.25) is 4.79 Å². The second-order valence-corrected chi connectivity index (χ2v) is 5.15. The molecule has 1 heterocycles. The molecule has 1 aliphatic rings. The van der Waals surface area contributed by atoms with Crippen LogP contribution in [0, 0.1) is 13.8 Å². The van der Waals surface area contributed by atoms with E-state index in [4.69, 9.17) is 4.74 Å². The SMILES string of the molecule is COc1c(C)cc(C)cc1NC(=O)C1CCCCN1. The number of anilines is 1. The zero-order chi connectivity index (χ0) is 13.8. The summed E-state index contributed by atoms with van der Waals surface area (Å²) < 4.78 is 5.38. The quantitative estimate of drug-likeness (QED) is 0.879. The number of amides is 1. The molecule has 0 saturated carbocycles. The van der Waals surface area contributed by atoms with Crippen LogP contribution in [0.25, 0.3) is 0 Å². The Bertz CT molecular complexity index is 465. The molecule has 1 atom stereocenters. The van der Waals surface area contributed by atoms with Crippen molar-refractivity contribution in [3.05, 3.63) is 23.3 Å². The van der Waals surface area contributed by atoms with E-state index in [2.05, 4.69) is 10.6 Å². The molecule has 19 heavy (non-hydrogen) atoms. The summed E-state index contributed by atoms with van der Waals surface area (Å²) in [5.74, 6) is 0.776. The molecule has 1 saturated heterocycles. The fourth-order valence-corrected chi connectivity index (χ4v) is 2.61. The average molecular weight is 262 g/mol. The van der Waals surface area contributed by atoms with E-state index in [1.807, 2.05) is 26.0 Å². The van der Waals surface area contributed by atoms with E-state index in [0.29, 0.717) is 0 Å². The van der Waals surface area contributed by atoms with Crippen molar-refractivity contribution in [1.82, 2.24) is 5.32 Å². The highest BCUT2D eigenvalue weighted by Gasteiger charge is 2.21. The van der Waals surface area contributed by atoms with Gasteiger partial charge >= 0.3 is 0 Å². The van der Waals surface area contributed by atoms with E-state index in [-0.39, 0.29) is 11.9 Å². The number of aryl methyl sites for hydroxylation is 2. The van der Waals surface area contributed by atoms with Crippen molar-refractivity contribution >= 4 is 11.6 Å². The molecule has 1 aromatic rings. The van der Waals surface area contributed by atoms with Gasteiger partial charge in [0.05, 0.1) is 18.8 Å². The van der Waals surface area contributed by atoms with Crippen LogP contribution in [0.1, 0.15) is 30.4 Å². The van der Waals surface area contributed by atoms with E-state index in [0.717, 1.165) is 48.4 Å². The summed E-state index contributed by atoms with van der Waals surface area (Å²) in [6.45, 7) is 4.92. The summed E-state index contributed by atoms with van der Waals surface area (Å²) in [4.78, 5) is 12.2. The van der Waals surface area contributed by atoms with Gasteiger partial charge in [0.1, 0.15) is 5.75 Å². The van der Waals surface area contributed by atoms with Gasteiger partial charge in [-0.05, 0) is 50.4 Å². The summed E-state index contributed by atoms with van der Waals surface area (Å²) in [6.07, 6.45) is 3.16. The van der Waals surface area contributed by atoms with Crippen LogP contribution in [0.2, 0.25) is 0 Å². The summed E-state index contributed by atoms with van der Waals surface area (Å²) in [5, 5.41) is 6.24. The molecule has 1 amide bonds. The predicted octanol–water partition coefficient (Wildman–Crippen LogP) is 2.39. The maximum atomic E-state index is 12.2. The highest BCUT2D eigenvalue weighted by molar-refractivity contribution is 5.96. The first-order valence-corrected chi connectivity index (χ1v) is 6.81. The van der Waals surface area contributed by atoms with Crippen molar-refractivity contribution in [2.45, 2.75) is 39.2 Å². The smallest absolute Gasteiger partial charge is 0.241 e. The van der Waals surface area contributed by atoms with Crippen molar-refractivity contribution < 1.29 is 9.53 Å². The molecule has 2 N–H and O–H groups in total. The average Bonchev–Trinajstić information content (AvgIpc) is 2.39. The Kier molecular flexibility index (Phi) is 4.43. The van der Waals surface area contributed by atoms with Crippen molar-refractivity contribution in [3.8, 4) is 5.75 Å². The topological polar surface area (TPSA) is 50.4 Å². The molecule has 0 aromatic heterocycles. The summed E-state index contributed by atoms with van der Waals surface area (Å²) in [5.41, 5.74) is 2.91. The Hall–Kier alpha value is -1.55. The van der Waals surface area contributed by atoms with E-state index < -0.39 is 0 Å². The van der Waals surface area contributed by atoms with Gasteiger partial charge in [-0.1, -0.05) is 12.5 Å². The monoisotopic (exact) mass is 262 g/mol. The second kappa shape index (κ2) is 6.06. The molecule has 0 aliphatic carbocycles. The number of piperidine rings is 1. The first-order valence-electron chi connectivity index (χ1n) is 6.81. The molecule has 104 valence electrons. The summed E-state index contributed by atoms with van der Waals surface area (Å²) >= 11 is 0. The molecule has 0 radical (unpaired) electrons. The van der Waals surface area contributed by atoms with Gasteiger partial charge in [-0.25, -0.2) is 0 Å². The molecular formula is C15H22N2O2. The third kappa shape index (κ3) is 3.26. The van der Waals surface area contributed by atoms with Crippen molar-refractivity contribution in [2.75, 3.05) is 19.0 Å². The fraction of sp³-hybridized carbons (Fsp3) is 0.533. The Balaban J connectivity index is 2.15. The molecule has 4 nitrogen and oxygen atoms in total. The lowest BCUT2D eigenvalue weighted by Crippen LogP contribution is -2.43. The van der Waals surface area contributed by atoms with Crippen molar-refractivity contribution in [2.24, 2.45) is 0 Å². The van der Waals surface area contributed by atoms with E-state index >= 15 is 0 Å². The standard InChI is InChI=1S/C15H22N2O2/c1-10-8-11(2)14(19-3)13(9-10)17-15(18)12-6-4-5-7-16-12/h8-9,12,16H,4-7H2,1-3H3,(H,17,18). The van der Waals surface area contributed by atoms with Crippen LogP contribution in [0.15, 0.2) is 12.1 Å².